The van der Waals surface area contributed by atoms with Gasteiger partial charge in [0.25, 0.3) is 5.95 Å². The quantitative estimate of drug-likeness (QED) is 0.292. The van der Waals surface area contributed by atoms with Crippen LogP contribution in [0.2, 0.25) is 0 Å². The van der Waals surface area contributed by atoms with Gasteiger partial charge < -0.3 is 10.1 Å². The normalized spacial score (nSPS) is 11.9. The van der Waals surface area contributed by atoms with Crippen LogP contribution in [0.25, 0.3) is 0 Å². The minimum atomic E-state index is -4.52. The van der Waals surface area contributed by atoms with Gasteiger partial charge >= 0.3 is 11.5 Å². The zero-order chi connectivity index (χ0) is 17.2. The first-order chi connectivity index (χ1) is 10.0. The highest BCUT2D eigenvalue weighted by atomic mass is 16.7. The van der Waals surface area contributed by atoms with Crippen molar-refractivity contribution in [2.24, 2.45) is 5.10 Å². The van der Waals surface area contributed by atoms with Crippen LogP contribution in [-0.4, -0.2) is 34.5 Å². The van der Waals surface area contributed by atoms with E-state index in [9.17, 15) is 50.6 Å². The molecule has 0 amide bonds. The molecular weight excluding hydrogens is 322 g/mol. The van der Waals surface area contributed by atoms with E-state index in [2.05, 4.69) is 15.2 Å². The molecule has 0 aromatic carbocycles. The lowest BCUT2D eigenvalue weighted by molar-refractivity contribution is -1.01. The summed E-state index contributed by atoms with van der Waals surface area (Å²) in [6.07, 6.45) is 0. The highest BCUT2D eigenvalue weighted by molar-refractivity contribution is 4.96. The van der Waals surface area contributed by atoms with Gasteiger partial charge in [-0.15, -0.1) is 5.10 Å². The molecular formula is C3N9O10-. The summed E-state index contributed by atoms with van der Waals surface area (Å²) in [5.74, 6) is -6.12. The van der Waals surface area contributed by atoms with Gasteiger partial charge in [0.05, 0.1) is 0 Å². The Labute approximate surface area is 114 Å². The van der Waals surface area contributed by atoms with E-state index >= 15 is 0 Å². The largest absolute Gasteiger partial charge is 0.824 e. The zero-order valence-electron chi connectivity index (χ0n) is 9.61. The molecule has 0 saturated heterocycles. The van der Waals surface area contributed by atoms with Gasteiger partial charge in [0.2, 0.25) is 14.8 Å². The molecule has 0 aliphatic carbocycles. The van der Waals surface area contributed by atoms with Gasteiger partial charge in [0.15, 0.2) is 5.03 Å². The van der Waals surface area contributed by atoms with Crippen LogP contribution in [0, 0.1) is 50.6 Å². The van der Waals surface area contributed by atoms with Crippen molar-refractivity contribution in [1.82, 2.24) is 14.8 Å². The summed E-state index contributed by atoms with van der Waals surface area (Å²) in [7, 11) is 0. The molecule has 0 atom stereocenters. The molecule has 0 aliphatic heterocycles. The van der Waals surface area contributed by atoms with Crippen molar-refractivity contribution in [1.29, 1.82) is 0 Å². The van der Waals surface area contributed by atoms with Crippen LogP contribution in [0.4, 0.5) is 5.95 Å². The summed E-state index contributed by atoms with van der Waals surface area (Å²) in [4.78, 5) is 48.0. The molecule has 1 aromatic rings. The van der Waals surface area contributed by atoms with Crippen LogP contribution >= 0.6 is 0 Å². The molecule has 1 heterocycles. The maximum atomic E-state index is 10.8. The van der Waals surface area contributed by atoms with Crippen molar-refractivity contribution < 1.29 is 24.7 Å². The maximum Gasteiger partial charge on any atom is 0.824 e. The van der Waals surface area contributed by atoms with E-state index in [1.807, 2.05) is 0 Å². The third-order valence-electron chi connectivity index (χ3n) is 1.93. The first-order valence-electron chi connectivity index (χ1n) is 4.46. The molecule has 0 saturated carbocycles. The van der Waals surface area contributed by atoms with Crippen molar-refractivity contribution in [3.8, 4) is 0 Å². The zero-order valence-corrected chi connectivity index (χ0v) is 9.61. The molecule has 0 radical (unpaired) electrons. The molecule has 22 heavy (non-hydrogen) atoms. The first kappa shape index (κ1) is 16.0. The molecule has 0 spiro atoms. The van der Waals surface area contributed by atoms with E-state index in [-0.39, 0.29) is 0 Å². The minimum absolute atomic E-state index is 0.839. The van der Waals surface area contributed by atoms with E-state index in [4.69, 9.17) is 0 Å². The Balaban J connectivity index is 3.95. The van der Waals surface area contributed by atoms with E-state index in [1.54, 1.807) is 0 Å². The van der Waals surface area contributed by atoms with Crippen LogP contribution in [0.15, 0.2) is 5.10 Å². The minimum Gasteiger partial charge on any atom is -0.458 e. The topological polar surface area (TPSA) is 260 Å². The van der Waals surface area contributed by atoms with Crippen LogP contribution in [-0.2, 0) is 5.91 Å². The molecule has 1 rings (SSSR count). The fourth-order valence-electron chi connectivity index (χ4n) is 1.14. The Morgan fingerprint density at radius 2 is 1.41 bits per heavy atom. The average Bonchev–Trinajstić information content (AvgIpc) is 2.72. The number of nitro groups is 5. The van der Waals surface area contributed by atoms with Gasteiger partial charge in [0.1, 0.15) is 5.10 Å². The van der Waals surface area contributed by atoms with Crippen molar-refractivity contribution in [3.05, 3.63) is 56.2 Å². The smallest absolute Gasteiger partial charge is 0.458 e. The second kappa shape index (κ2) is 5.14. The molecule has 19 heteroatoms. The van der Waals surface area contributed by atoms with Crippen molar-refractivity contribution in [2.45, 2.75) is 5.91 Å². The monoisotopic (exact) mass is 322 g/mol. The van der Waals surface area contributed by atoms with Gasteiger partial charge in [-0.05, 0) is 4.68 Å². The molecule has 19 nitrogen and oxygen atoms in total. The first-order valence-corrected chi connectivity index (χ1v) is 4.46. The number of hydrogen-bond donors (Lipinski definition) is 0. The molecule has 0 N–H and O–H groups in total. The van der Waals surface area contributed by atoms with E-state index < -0.39 is 46.9 Å². The highest BCUT2D eigenvalue weighted by Crippen LogP contribution is 2.17. The lowest BCUT2D eigenvalue weighted by Gasteiger charge is -2.06. The summed E-state index contributed by atoms with van der Waals surface area (Å²) < 4.78 is -0.839. The third kappa shape index (κ3) is 2.23. The Hall–Kier alpha value is -4.06. The van der Waals surface area contributed by atoms with Gasteiger partial charge in [-0.2, -0.15) is 9.91 Å². The van der Waals surface area contributed by atoms with E-state index in [0.717, 1.165) is 0 Å². The molecule has 0 unspecified atom stereocenters. The second-order valence-electron chi connectivity index (χ2n) is 3.09. The summed E-state index contributed by atoms with van der Waals surface area (Å²) in [6, 6.07) is 0. The predicted octanol–water partition coefficient (Wildman–Crippen LogP) is -2.76. The van der Waals surface area contributed by atoms with Gasteiger partial charge in [-0.25, -0.2) is 10.1 Å². The standard InChI is InChI=1S/C3N9O10/c13-8(14)2-4-1(6-12(21)22)7(5-2)3(9(15)16,10(17)18)11(19)20/q-1. The van der Waals surface area contributed by atoms with Gasteiger partial charge in [0, 0.05) is 0 Å². The fraction of sp³-hybridized carbons (Fsp3) is 0.333. The average molecular weight is 322 g/mol. The Bertz CT molecular complexity index is 718. The van der Waals surface area contributed by atoms with Crippen molar-refractivity contribution in [3.63, 3.8) is 0 Å². The van der Waals surface area contributed by atoms with Crippen LogP contribution < -0.4 is 10.6 Å². The molecule has 0 aliphatic rings. The lowest BCUT2D eigenvalue weighted by atomic mass is 10.6. The Morgan fingerprint density at radius 3 is 1.73 bits per heavy atom. The van der Waals surface area contributed by atoms with Crippen LogP contribution in [0.3, 0.4) is 0 Å². The van der Waals surface area contributed by atoms with Crippen molar-refractivity contribution >= 4 is 5.95 Å². The summed E-state index contributed by atoms with van der Waals surface area (Å²) in [6.45, 7) is 0. The molecule has 1 aromatic heterocycles. The molecule has 118 valence electrons. The Kier molecular flexibility index (Phi) is 3.74. The fourth-order valence-corrected chi connectivity index (χ4v) is 1.14. The van der Waals surface area contributed by atoms with Crippen LogP contribution in [0.5, 0.6) is 0 Å². The summed E-state index contributed by atoms with van der Waals surface area (Å²) >= 11 is 0. The second-order valence-corrected chi connectivity index (χ2v) is 3.09. The van der Waals surface area contributed by atoms with Crippen LogP contribution in [0.1, 0.15) is 0 Å². The maximum absolute atomic E-state index is 10.8. The van der Waals surface area contributed by atoms with Gasteiger partial charge in [-0.1, -0.05) is 0 Å². The van der Waals surface area contributed by atoms with Crippen molar-refractivity contribution in [2.75, 3.05) is 0 Å². The Morgan fingerprint density at radius 1 is 0.955 bits per heavy atom. The molecule has 0 fully saturated rings. The van der Waals surface area contributed by atoms with E-state index in [0.29, 0.717) is 0 Å². The highest BCUT2D eigenvalue weighted by Gasteiger charge is 2.76. The number of nitrogens with zero attached hydrogens (tertiary/aromatic N) is 9. The van der Waals surface area contributed by atoms with E-state index in [1.165, 1.54) is 0 Å². The number of hydrogen-bond acceptors (Lipinski definition) is 11. The van der Waals surface area contributed by atoms with Gasteiger partial charge in [-0.3, -0.25) is 30.3 Å². The lowest BCUT2D eigenvalue weighted by Crippen LogP contribution is -2.59. The third-order valence-corrected chi connectivity index (χ3v) is 1.93. The summed E-state index contributed by atoms with van der Waals surface area (Å²) in [5, 5.41) is 56.2. The summed E-state index contributed by atoms with van der Waals surface area (Å²) in [5.41, 5.74) is -1.68. The SMILES string of the molecule is O=[N+]([O-])/N=c1\[n-]c([N+](=O)[O-])nn1C([N+](=O)[O-])([N+](=O)[O-])[N+](=O)[O-]. The predicted molar refractivity (Wildman–Crippen MR) is 53.7 cm³/mol. The number of aromatic nitrogens is 3. The molecule has 0 bridgehead atoms. The number of rotatable bonds is 6.